The summed E-state index contributed by atoms with van der Waals surface area (Å²) < 4.78 is 0. The van der Waals surface area contributed by atoms with Crippen molar-refractivity contribution in [1.82, 2.24) is 0 Å². The van der Waals surface area contributed by atoms with Crippen LogP contribution in [0.5, 0.6) is 0 Å². The highest BCUT2D eigenvalue weighted by molar-refractivity contribution is 6.30. The van der Waals surface area contributed by atoms with E-state index in [4.69, 9.17) is 11.6 Å². The Hall–Kier alpha value is -0.490. The van der Waals surface area contributed by atoms with E-state index >= 15 is 0 Å². The van der Waals surface area contributed by atoms with Crippen molar-refractivity contribution in [3.05, 3.63) is 34.9 Å². The minimum Gasteiger partial charge on any atom is -0.0843 e. The van der Waals surface area contributed by atoms with Gasteiger partial charge in [0.15, 0.2) is 0 Å². The number of hydrogen-bond acceptors (Lipinski definition) is 0. The Morgan fingerprint density at radius 3 is 2.46 bits per heavy atom. The average Bonchev–Trinajstić information content (AvgIpc) is 2.04. The van der Waals surface area contributed by atoms with Gasteiger partial charge in [0.05, 0.1) is 0 Å². The van der Waals surface area contributed by atoms with Gasteiger partial charge in [-0.15, -0.1) is 0 Å². The fourth-order valence-corrected chi connectivity index (χ4v) is 1.48. The van der Waals surface area contributed by atoms with Crippen LogP contribution in [-0.2, 0) is 6.42 Å². The maximum absolute atomic E-state index is 5.91. The Kier molecular flexibility index (Phi) is 3.80. The molecule has 0 spiro atoms. The summed E-state index contributed by atoms with van der Waals surface area (Å²) in [6.45, 7) is 6.80. The molecule has 0 amide bonds. The van der Waals surface area contributed by atoms with Crippen molar-refractivity contribution >= 4 is 11.6 Å². The minimum absolute atomic E-state index is 0.721. The van der Waals surface area contributed by atoms with E-state index in [9.17, 15) is 0 Å². The molecule has 1 heteroatoms. The molecule has 0 aromatic heterocycles. The summed E-state index contributed by atoms with van der Waals surface area (Å²) >= 11 is 5.91. The number of halogens is 1. The normalized spacial score (nSPS) is 13.3. The summed E-state index contributed by atoms with van der Waals surface area (Å²) in [5, 5.41) is 0.841. The molecular formula is C12H17Cl. The first-order chi connectivity index (χ1) is 6.09. The van der Waals surface area contributed by atoms with Crippen molar-refractivity contribution in [1.29, 1.82) is 0 Å². The third-order valence-corrected chi connectivity index (χ3v) is 2.82. The van der Waals surface area contributed by atoms with Gasteiger partial charge in [-0.2, -0.15) is 0 Å². The Labute approximate surface area is 85.9 Å². The summed E-state index contributed by atoms with van der Waals surface area (Å²) in [4.78, 5) is 0. The van der Waals surface area contributed by atoms with Crippen LogP contribution in [0.3, 0.4) is 0 Å². The van der Waals surface area contributed by atoms with Crippen LogP contribution in [0.2, 0.25) is 5.02 Å². The van der Waals surface area contributed by atoms with Crippen molar-refractivity contribution in [2.24, 2.45) is 11.8 Å². The van der Waals surface area contributed by atoms with Gasteiger partial charge in [-0.25, -0.2) is 0 Å². The van der Waals surface area contributed by atoms with Gasteiger partial charge in [0.2, 0.25) is 0 Å². The molecule has 0 fully saturated rings. The molecule has 0 saturated heterocycles. The second kappa shape index (κ2) is 4.66. The standard InChI is InChI=1S/C12H17Cl/c1-9(2)10(3)7-11-5-4-6-12(13)8-11/h4-6,8-10H,7H2,1-3H3. The van der Waals surface area contributed by atoms with Crippen molar-refractivity contribution in [3.8, 4) is 0 Å². The molecule has 0 aliphatic heterocycles. The largest absolute Gasteiger partial charge is 0.0843 e. The fourth-order valence-electron chi connectivity index (χ4n) is 1.27. The SMILES string of the molecule is CC(C)C(C)Cc1cccc(Cl)c1. The van der Waals surface area contributed by atoms with Crippen molar-refractivity contribution < 1.29 is 0 Å². The lowest BCUT2D eigenvalue weighted by Crippen LogP contribution is -2.07. The van der Waals surface area contributed by atoms with Crippen molar-refractivity contribution in [3.63, 3.8) is 0 Å². The molecule has 1 rings (SSSR count). The van der Waals surface area contributed by atoms with Crippen LogP contribution in [-0.4, -0.2) is 0 Å². The second-order valence-corrected chi connectivity index (χ2v) is 4.49. The monoisotopic (exact) mass is 196 g/mol. The molecule has 1 aromatic carbocycles. The molecular weight excluding hydrogens is 180 g/mol. The highest BCUT2D eigenvalue weighted by atomic mass is 35.5. The summed E-state index contributed by atoms with van der Waals surface area (Å²) in [6.07, 6.45) is 1.12. The van der Waals surface area contributed by atoms with Crippen molar-refractivity contribution in [2.45, 2.75) is 27.2 Å². The number of rotatable bonds is 3. The maximum Gasteiger partial charge on any atom is 0.0408 e. The first-order valence-electron chi connectivity index (χ1n) is 4.84. The van der Waals surface area contributed by atoms with Crippen LogP contribution < -0.4 is 0 Å². The minimum atomic E-state index is 0.721. The zero-order valence-electron chi connectivity index (χ0n) is 8.55. The zero-order valence-corrected chi connectivity index (χ0v) is 9.31. The zero-order chi connectivity index (χ0) is 9.84. The smallest absolute Gasteiger partial charge is 0.0408 e. The molecule has 0 saturated carbocycles. The molecule has 0 radical (unpaired) electrons. The van der Waals surface area contributed by atoms with E-state index in [-0.39, 0.29) is 0 Å². The molecule has 0 nitrogen and oxygen atoms in total. The molecule has 0 heterocycles. The first kappa shape index (κ1) is 10.6. The van der Waals surface area contributed by atoms with E-state index in [0.717, 1.165) is 23.3 Å². The van der Waals surface area contributed by atoms with Gasteiger partial charge in [0.25, 0.3) is 0 Å². The predicted molar refractivity (Wildman–Crippen MR) is 59.2 cm³/mol. The lowest BCUT2D eigenvalue weighted by atomic mass is 9.91. The lowest BCUT2D eigenvalue weighted by molar-refractivity contribution is 0.417. The van der Waals surface area contributed by atoms with Gasteiger partial charge in [-0.3, -0.25) is 0 Å². The highest BCUT2D eigenvalue weighted by Crippen LogP contribution is 2.18. The molecule has 13 heavy (non-hydrogen) atoms. The van der Waals surface area contributed by atoms with Gasteiger partial charge in [-0.1, -0.05) is 44.5 Å². The van der Waals surface area contributed by atoms with Gasteiger partial charge in [0.1, 0.15) is 0 Å². The van der Waals surface area contributed by atoms with E-state index < -0.39 is 0 Å². The quantitative estimate of drug-likeness (QED) is 0.681. The fraction of sp³-hybridized carbons (Fsp3) is 0.500. The van der Waals surface area contributed by atoms with Gasteiger partial charge in [0, 0.05) is 5.02 Å². The van der Waals surface area contributed by atoms with Gasteiger partial charge >= 0.3 is 0 Å². The Balaban J connectivity index is 2.64. The maximum atomic E-state index is 5.91. The Morgan fingerprint density at radius 1 is 1.23 bits per heavy atom. The Morgan fingerprint density at radius 2 is 1.92 bits per heavy atom. The molecule has 0 bridgehead atoms. The summed E-state index contributed by atoms with van der Waals surface area (Å²) in [5.74, 6) is 1.46. The van der Waals surface area contributed by atoms with Crippen LogP contribution in [0.4, 0.5) is 0 Å². The summed E-state index contributed by atoms with van der Waals surface area (Å²) in [7, 11) is 0. The second-order valence-electron chi connectivity index (χ2n) is 4.06. The van der Waals surface area contributed by atoms with Crippen LogP contribution >= 0.6 is 11.6 Å². The first-order valence-corrected chi connectivity index (χ1v) is 5.22. The molecule has 1 aromatic rings. The number of hydrogen-bond donors (Lipinski definition) is 0. The van der Waals surface area contributed by atoms with Crippen LogP contribution in [0.15, 0.2) is 24.3 Å². The van der Waals surface area contributed by atoms with Gasteiger partial charge < -0.3 is 0 Å². The molecule has 1 atom stereocenters. The van der Waals surface area contributed by atoms with E-state index in [1.807, 2.05) is 12.1 Å². The van der Waals surface area contributed by atoms with Crippen LogP contribution in [0.1, 0.15) is 26.3 Å². The molecule has 0 aliphatic rings. The third-order valence-electron chi connectivity index (χ3n) is 2.58. The molecule has 72 valence electrons. The molecule has 0 N–H and O–H groups in total. The lowest BCUT2D eigenvalue weighted by Gasteiger charge is -2.15. The van der Waals surface area contributed by atoms with E-state index in [1.54, 1.807) is 0 Å². The Bertz CT molecular complexity index is 266. The molecule has 0 aliphatic carbocycles. The van der Waals surface area contributed by atoms with E-state index in [1.165, 1.54) is 5.56 Å². The van der Waals surface area contributed by atoms with Gasteiger partial charge in [-0.05, 0) is 36.0 Å². The summed E-state index contributed by atoms with van der Waals surface area (Å²) in [6, 6.07) is 8.14. The third kappa shape index (κ3) is 3.40. The van der Waals surface area contributed by atoms with E-state index in [0.29, 0.717) is 0 Å². The highest BCUT2D eigenvalue weighted by Gasteiger charge is 2.07. The molecule has 1 unspecified atom stereocenters. The average molecular weight is 197 g/mol. The van der Waals surface area contributed by atoms with E-state index in [2.05, 4.69) is 32.9 Å². The summed E-state index contributed by atoms with van der Waals surface area (Å²) in [5.41, 5.74) is 1.34. The van der Waals surface area contributed by atoms with Crippen LogP contribution in [0.25, 0.3) is 0 Å². The van der Waals surface area contributed by atoms with Crippen LogP contribution in [0, 0.1) is 11.8 Å². The topological polar surface area (TPSA) is 0 Å². The van der Waals surface area contributed by atoms with Crippen molar-refractivity contribution in [2.75, 3.05) is 0 Å². The predicted octanol–water partition coefficient (Wildman–Crippen LogP) is 4.17. The number of benzene rings is 1.